The molecule has 0 aliphatic carbocycles. The van der Waals surface area contributed by atoms with E-state index in [0.717, 1.165) is 22.6 Å². The second kappa shape index (κ2) is 7.69. The fourth-order valence-electron chi connectivity index (χ4n) is 2.41. The average molecular weight is 318 g/mol. The molecule has 0 aliphatic heterocycles. The summed E-state index contributed by atoms with van der Waals surface area (Å²) < 4.78 is 11.7. The maximum absolute atomic E-state index is 5.84. The van der Waals surface area contributed by atoms with E-state index in [1.807, 2.05) is 30.3 Å². The first-order valence-electron chi connectivity index (χ1n) is 8.16. The monoisotopic (exact) mass is 318 g/mol. The van der Waals surface area contributed by atoms with E-state index in [-0.39, 0.29) is 0 Å². The predicted octanol–water partition coefficient (Wildman–Crippen LogP) is 5.46. The quantitative estimate of drug-likeness (QED) is 0.600. The predicted molar refractivity (Wildman–Crippen MR) is 97.5 cm³/mol. The van der Waals surface area contributed by atoms with Gasteiger partial charge in [-0.1, -0.05) is 53.6 Å². The minimum absolute atomic E-state index is 0.557. The Kier molecular flexibility index (Phi) is 5.17. The van der Waals surface area contributed by atoms with Crippen LogP contribution in [0.15, 0.2) is 72.8 Å². The van der Waals surface area contributed by atoms with Gasteiger partial charge in [0.25, 0.3) is 0 Å². The van der Waals surface area contributed by atoms with Gasteiger partial charge in [0.2, 0.25) is 0 Å². The maximum Gasteiger partial charge on any atom is 0.119 e. The third-order valence-corrected chi connectivity index (χ3v) is 3.84. The zero-order valence-corrected chi connectivity index (χ0v) is 14.2. The van der Waals surface area contributed by atoms with E-state index < -0.39 is 0 Å². The Balaban J connectivity index is 1.57. The standard InChI is InChI=1S/C22H22O2/c1-17-6-10-21(11-7-17)23-15-19-4-3-5-20(14-19)16-24-22-12-8-18(2)9-13-22/h3-14H,15-16H2,1-2H3. The first-order chi connectivity index (χ1) is 11.7. The molecule has 3 aromatic carbocycles. The van der Waals surface area contributed by atoms with Crippen LogP contribution in [0.2, 0.25) is 0 Å². The Morgan fingerprint density at radius 3 is 1.42 bits per heavy atom. The lowest BCUT2D eigenvalue weighted by Crippen LogP contribution is -1.99. The maximum atomic E-state index is 5.84. The van der Waals surface area contributed by atoms with E-state index in [4.69, 9.17) is 9.47 Å². The van der Waals surface area contributed by atoms with Crippen molar-refractivity contribution in [2.45, 2.75) is 27.1 Å². The fraction of sp³-hybridized carbons (Fsp3) is 0.182. The third kappa shape index (κ3) is 4.63. The molecular weight excluding hydrogens is 296 g/mol. The number of hydrogen-bond donors (Lipinski definition) is 0. The van der Waals surface area contributed by atoms with Gasteiger partial charge in [-0.05, 0) is 55.3 Å². The molecule has 0 radical (unpaired) electrons. The highest BCUT2D eigenvalue weighted by molar-refractivity contribution is 5.29. The van der Waals surface area contributed by atoms with Crippen molar-refractivity contribution in [1.82, 2.24) is 0 Å². The average Bonchev–Trinajstić information content (AvgIpc) is 2.61. The first-order valence-corrected chi connectivity index (χ1v) is 8.16. The van der Waals surface area contributed by atoms with Crippen LogP contribution in [0.3, 0.4) is 0 Å². The Hall–Kier alpha value is -2.74. The van der Waals surface area contributed by atoms with E-state index in [9.17, 15) is 0 Å². The lowest BCUT2D eigenvalue weighted by molar-refractivity contribution is 0.300. The number of rotatable bonds is 6. The number of ether oxygens (including phenoxy) is 2. The van der Waals surface area contributed by atoms with Crippen LogP contribution in [0.4, 0.5) is 0 Å². The summed E-state index contributed by atoms with van der Waals surface area (Å²) >= 11 is 0. The number of benzene rings is 3. The second-order valence-electron chi connectivity index (χ2n) is 6.02. The molecule has 122 valence electrons. The van der Waals surface area contributed by atoms with Gasteiger partial charge in [0, 0.05) is 0 Å². The van der Waals surface area contributed by atoms with E-state index in [0.29, 0.717) is 13.2 Å². The molecule has 0 saturated heterocycles. The van der Waals surface area contributed by atoms with E-state index in [2.05, 4.69) is 56.3 Å². The number of aryl methyl sites for hydroxylation is 2. The van der Waals surface area contributed by atoms with Gasteiger partial charge >= 0.3 is 0 Å². The molecule has 0 N–H and O–H groups in total. The summed E-state index contributed by atoms with van der Waals surface area (Å²) in [5.74, 6) is 1.78. The molecule has 3 rings (SSSR count). The lowest BCUT2D eigenvalue weighted by atomic mass is 10.1. The molecule has 24 heavy (non-hydrogen) atoms. The molecule has 0 fully saturated rings. The largest absolute Gasteiger partial charge is 0.489 e. The molecule has 0 atom stereocenters. The summed E-state index contributed by atoms with van der Waals surface area (Å²) in [6.45, 7) is 5.26. The SMILES string of the molecule is Cc1ccc(OCc2cccc(COc3ccc(C)cc3)c2)cc1. The van der Waals surface area contributed by atoms with Gasteiger partial charge in [-0.25, -0.2) is 0 Å². The van der Waals surface area contributed by atoms with Gasteiger partial charge in [-0.15, -0.1) is 0 Å². The molecule has 0 heterocycles. The van der Waals surface area contributed by atoms with Crippen LogP contribution in [0.25, 0.3) is 0 Å². The molecule has 0 aliphatic rings. The summed E-state index contributed by atoms with van der Waals surface area (Å²) in [7, 11) is 0. The van der Waals surface area contributed by atoms with Crippen molar-refractivity contribution >= 4 is 0 Å². The van der Waals surface area contributed by atoms with E-state index in [1.54, 1.807) is 0 Å². The number of hydrogen-bond acceptors (Lipinski definition) is 2. The van der Waals surface area contributed by atoms with Crippen molar-refractivity contribution in [2.24, 2.45) is 0 Å². The van der Waals surface area contributed by atoms with Crippen molar-refractivity contribution in [3.8, 4) is 11.5 Å². The van der Waals surface area contributed by atoms with E-state index >= 15 is 0 Å². The Bertz CT molecular complexity index is 709. The van der Waals surface area contributed by atoms with Crippen LogP contribution in [0.1, 0.15) is 22.3 Å². The highest BCUT2D eigenvalue weighted by Crippen LogP contribution is 2.16. The smallest absolute Gasteiger partial charge is 0.119 e. The molecule has 0 aromatic heterocycles. The highest BCUT2D eigenvalue weighted by atomic mass is 16.5. The molecular formula is C22H22O2. The summed E-state index contributed by atoms with van der Waals surface area (Å²) in [6.07, 6.45) is 0. The van der Waals surface area contributed by atoms with Gasteiger partial charge in [-0.2, -0.15) is 0 Å². The van der Waals surface area contributed by atoms with Gasteiger partial charge in [0.1, 0.15) is 24.7 Å². The normalized spacial score (nSPS) is 10.4. The van der Waals surface area contributed by atoms with Crippen LogP contribution < -0.4 is 9.47 Å². The summed E-state index contributed by atoms with van der Waals surface area (Å²) in [6, 6.07) is 24.5. The molecule has 0 saturated carbocycles. The molecule has 3 aromatic rings. The second-order valence-corrected chi connectivity index (χ2v) is 6.02. The zero-order chi connectivity index (χ0) is 16.8. The molecule has 0 unspecified atom stereocenters. The topological polar surface area (TPSA) is 18.5 Å². The summed E-state index contributed by atoms with van der Waals surface area (Å²) in [4.78, 5) is 0. The first kappa shape index (κ1) is 16.1. The van der Waals surface area contributed by atoms with Crippen LogP contribution in [0.5, 0.6) is 11.5 Å². The van der Waals surface area contributed by atoms with Gasteiger partial charge < -0.3 is 9.47 Å². The van der Waals surface area contributed by atoms with Crippen LogP contribution in [0, 0.1) is 13.8 Å². The summed E-state index contributed by atoms with van der Waals surface area (Å²) in [5, 5.41) is 0. The fourth-order valence-corrected chi connectivity index (χ4v) is 2.41. The summed E-state index contributed by atoms with van der Waals surface area (Å²) in [5.41, 5.74) is 4.75. The Morgan fingerprint density at radius 2 is 1.00 bits per heavy atom. The lowest BCUT2D eigenvalue weighted by Gasteiger charge is -2.10. The highest BCUT2D eigenvalue weighted by Gasteiger charge is 2.00. The minimum Gasteiger partial charge on any atom is -0.489 e. The van der Waals surface area contributed by atoms with Crippen LogP contribution >= 0.6 is 0 Å². The van der Waals surface area contributed by atoms with E-state index in [1.165, 1.54) is 11.1 Å². The molecule has 0 spiro atoms. The zero-order valence-electron chi connectivity index (χ0n) is 14.2. The van der Waals surface area contributed by atoms with Crippen LogP contribution in [-0.2, 0) is 13.2 Å². The Labute approximate surface area is 143 Å². The third-order valence-electron chi connectivity index (χ3n) is 3.84. The Morgan fingerprint density at radius 1 is 0.583 bits per heavy atom. The molecule has 2 nitrogen and oxygen atoms in total. The van der Waals surface area contributed by atoms with Crippen molar-refractivity contribution in [2.75, 3.05) is 0 Å². The van der Waals surface area contributed by atoms with Crippen LogP contribution in [-0.4, -0.2) is 0 Å². The van der Waals surface area contributed by atoms with Crippen molar-refractivity contribution < 1.29 is 9.47 Å². The molecule has 0 amide bonds. The molecule has 2 heteroatoms. The van der Waals surface area contributed by atoms with Crippen molar-refractivity contribution in [3.05, 3.63) is 95.1 Å². The minimum atomic E-state index is 0.557. The van der Waals surface area contributed by atoms with Crippen molar-refractivity contribution in [1.29, 1.82) is 0 Å². The molecule has 0 bridgehead atoms. The van der Waals surface area contributed by atoms with Crippen molar-refractivity contribution in [3.63, 3.8) is 0 Å². The van der Waals surface area contributed by atoms with Gasteiger partial charge in [0.15, 0.2) is 0 Å². The van der Waals surface area contributed by atoms with Gasteiger partial charge in [-0.3, -0.25) is 0 Å². The van der Waals surface area contributed by atoms with Gasteiger partial charge in [0.05, 0.1) is 0 Å².